The van der Waals surface area contributed by atoms with E-state index in [2.05, 4.69) is 52.5 Å². The number of hydrogen-bond acceptors (Lipinski definition) is 6. The van der Waals surface area contributed by atoms with Crippen LogP contribution >= 0.6 is 0 Å². The molecule has 3 aliphatic carbocycles. The van der Waals surface area contributed by atoms with Crippen LogP contribution in [0.15, 0.2) is 71.9 Å². The molecule has 6 nitrogen and oxygen atoms in total. The van der Waals surface area contributed by atoms with Gasteiger partial charge in [-0.1, -0.05) is 42.5 Å². The lowest BCUT2D eigenvalue weighted by Gasteiger charge is -2.32. The Morgan fingerprint density at radius 3 is 2.59 bits per heavy atom. The maximum Gasteiger partial charge on any atom is 0.217 e. The zero-order chi connectivity index (χ0) is 22.2. The molecule has 0 saturated carbocycles. The molecule has 0 bridgehead atoms. The molecule has 1 aromatic heterocycles. The van der Waals surface area contributed by atoms with Crippen molar-refractivity contribution >= 4 is 5.57 Å². The lowest BCUT2D eigenvalue weighted by molar-refractivity contribution is 0.326. The minimum atomic E-state index is -0.302. The summed E-state index contributed by atoms with van der Waals surface area (Å²) in [5.41, 5.74) is 4.48. The van der Waals surface area contributed by atoms with Gasteiger partial charge in [0.1, 0.15) is 22.8 Å². The van der Waals surface area contributed by atoms with Gasteiger partial charge in [0.25, 0.3) is 0 Å². The van der Waals surface area contributed by atoms with Crippen molar-refractivity contribution in [2.45, 2.75) is 19.8 Å². The van der Waals surface area contributed by atoms with Crippen molar-refractivity contribution in [1.29, 1.82) is 0 Å². The molecule has 0 spiro atoms. The highest BCUT2D eigenvalue weighted by atomic mass is 16.5. The third kappa shape index (κ3) is 3.68. The zero-order valence-electron chi connectivity index (χ0n) is 17.7. The first-order chi connectivity index (χ1) is 15.5. The molecular formula is C26H24N2O4. The second kappa shape index (κ2) is 8.04. The van der Waals surface area contributed by atoms with Gasteiger partial charge in [-0.05, 0) is 42.4 Å². The van der Waals surface area contributed by atoms with E-state index in [4.69, 9.17) is 4.74 Å². The average Bonchev–Trinajstić information content (AvgIpc) is 2.76. The Balaban J connectivity index is 1.55. The van der Waals surface area contributed by atoms with Crippen molar-refractivity contribution < 1.29 is 20.1 Å². The quantitative estimate of drug-likeness (QED) is 0.630. The molecule has 3 aliphatic rings. The topological polar surface area (TPSA) is 95.7 Å². The van der Waals surface area contributed by atoms with Crippen molar-refractivity contribution in [2.75, 3.05) is 6.61 Å². The number of phenols is 3. The molecule has 3 N–H and O–H groups in total. The summed E-state index contributed by atoms with van der Waals surface area (Å²) in [5.74, 6) is 0.489. The Hall–Kier alpha value is -3.80. The molecule has 0 aliphatic heterocycles. The van der Waals surface area contributed by atoms with Crippen LogP contribution in [0.25, 0.3) is 17.0 Å². The van der Waals surface area contributed by atoms with E-state index in [0.29, 0.717) is 30.0 Å². The van der Waals surface area contributed by atoms with Crippen LogP contribution in [-0.2, 0) is 0 Å². The molecule has 5 rings (SSSR count). The van der Waals surface area contributed by atoms with Crippen molar-refractivity contribution in [3.8, 4) is 34.5 Å². The number of ether oxygens (including phenoxy) is 1. The molecule has 2 atom stereocenters. The largest absolute Gasteiger partial charge is 0.508 e. The number of hydrogen-bond donors (Lipinski definition) is 3. The standard InChI is InChI=1S/C26H24N2O4/c1-2-32-24-14-21(27-26(28-24)25-22(30)12-20(29)13-23(25)31)18-8-7-17-9-15-5-3-4-6-16(15)10-19(17)11-18/h3-9,12-14,16,19,29-31H,2,10-11H2,1H3. The Morgan fingerprint density at radius 1 is 1.00 bits per heavy atom. The lowest BCUT2D eigenvalue weighted by Crippen LogP contribution is -2.19. The number of allylic oxidation sites excluding steroid dienone is 10. The van der Waals surface area contributed by atoms with Gasteiger partial charge in [-0.3, -0.25) is 0 Å². The van der Waals surface area contributed by atoms with Crippen LogP contribution in [0.4, 0.5) is 0 Å². The van der Waals surface area contributed by atoms with Gasteiger partial charge in [-0.2, -0.15) is 4.98 Å². The average molecular weight is 428 g/mol. The molecule has 2 unspecified atom stereocenters. The predicted octanol–water partition coefficient (Wildman–Crippen LogP) is 5.06. The first kappa shape index (κ1) is 20.1. The summed E-state index contributed by atoms with van der Waals surface area (Å²) in [6.07, 6.45) is 17.0. The second-order valence-electron chi connectivity index (χ2n) is 8.20. The van der Waals surface area contributed by atoms with Gasteiger partial charge >= 0.3 is 0 Å². The van der Waals surface area contributed by atoms with Crippen LogP contribution in [0.2, 0.25) is 0 Å². The van der Waals surface area contributed by atoms with E-state index >= 15 is 0 Å². The SMILES string of the molecule is CCOc1cc(C2=CC=C3C=C4C=CC=CC4CC3C2)nc(-c2c(O)cc(O)cc2O)n1. The molecule has 1 aromatic carbocycles. The highest BCUT2D eigenvalue weighted by Gasteiger charge is 2.29. The normalized spacial score (nSPS) is 21.2. The molecular weight excluding hydrogens is 404 g/mol. The molecule has 0 amide bonds. The van der Waals surface area contributed by atoms with E-state index in [0.717, 1.165) is 30.5 Å². The first-order valence-electron chi connectivity index (χ1n) is 10.8. The smallest absolute Gasteiger partial charge is 0.217 e. The van der Waals surface area contributed by atoms with Gasteiger partial charge < -0.3 is 20.1 Å². The summed E-state index contributed by atoms with van der Waals surface area (Å²) in [4.78, 5) is 9.02. The van der Waals surface area contributed by atoms with Crippen LogP contribution in [0.1, 0.15) is 25.5 Å². The first-order valence-corrected chi connectivity index (χ1v) is 10.8. The van der Waals surface area contributed by atoms with Gasteiger partial charge in [0.05, 0.1) is 12.3 Å². The highest BCUT2D eigenvalue weighted by molar-refractivity contribution is 5.75. The molecule has 162 valence electrons. The van der Waals surface area contributed by atoms with E-state index in [1.165, 1.54) is 11.1 Å². The predicted molar refractivity (Wildman–Crippen MR) is 122 cm³/mol. The Morgan fingerprint density at radius 2 is 1.81 bits per heavy atom. The van der Waals surface area contributed by atoms with Gasteiger partial charge in [0, 0.05) is 24.1 Å². The minimum Gasteiger partial charge on any atom is -0.508 e. The van der Waals surface area contributed by atoms with Gasteiger partial charge in [0.2, 0.25) is 5.88 Å². The van der Waals surface area contributed by atoms with Crippen molar-refractivity contribution in [1.82, 2.24) is 9.97 Å². The molecule has 0 saturated heterocycles. The van der Waals surface area contributed by atoms with E-state index in [1.54, 1.807) is 6.07 Å². The van der Waals surface area contributed by atoms with Crippen molar-refractivity contribution in [3.63, 3.8) is 0 Å². The lowest BCUT2D eigenvalue weighted by atomic mass is 9.72. The molecule has 0 radical (unpaired) electrons. The maximum absolute atomic E-state index is 10.3. The molecule has 2 aromatic rings. The van der Waals surface area contributed by atoms with E-state index in [-0.39, 0.29) is 28.6 Å². The zero-order valence-corrected chi connectivity index (χ0v) is 17.7. The van der Waals surface area contributed by atoms with Crippen LogP contribution in [0.5, 0.6) is 23.1 Å². The summed E-state index contributed by atoms with van der Waals surface area (Å²) in [5, 5.41) is 30.3. The summed E-state index contributed by atoms with van der Waals surface area (Å²) in [6.45, 7) is 2.29. The van der Waals surface area contributed by atoms with Crippen LogP contribution in [0, 0.1) is 11.8 Å². The molecule has 6 heteroatoms. The third-order valence-corrected chi connectivity index (χ3v) is 6.09. The minimum absolute atomic E-state index is 0.0580. The van der Waals surface area contributed by atoms with Crippen LogP contribution < -0.4 is 4.74 Å². The monoisotopic (exact) mass is 428 g/mol. The van der Waals surface area contributed by atoms with Gasteiger partial charge in [0.15, 0.2) is 5.82 Å². The third-order valence-electron chi connectivity index (χ3n) is 6.09. The summed E-state index contributed by atoms with van der Waals surface area (Å²) in [7, 11) is 0. The fraction of sp³-hybridized carbons (Fsp3) is 0.231. The number of nitrogens with zero attached hydrogens (tertiary/aromatic N) is 2. The summed E-state index contributed by atoms with van der Waals surface area (Å²) >= 11 is 0. The Labute approximate surface area is 186 Å². The number of phenolic OH excluding ortho intramolecular Hbond substituents is 3. The van der Waals surface area contributed by atoms with Crippen molar-refractivity contribution in [3.05, 3.63) is 77.6 Å². The highest BCUT2D eigenvalue weighted by Crippen LogP contribution is 2.44. The number of benzene rings is 1. The van der Waals surface area contributed by atoms with E-state index in [9.17, 15) is 15.3 Å². The van der Waals surface area contributed by atoms with Gasteiger partial charge in [-0.15, -0.1) is 0 Å². The van der Waals surface area contributed by atoms with Crippen LogP contribution in [-0.4, -0.2) is 31.9 Å². The molecule has 1 heterocycles. The van der Waals surface area contributed by atoms with E-state index in [1.807, 2.05) is 6.92 Å². The van der Waals surface area contributed by atoms with Crippen molar-refractivity contribution in [2.24, 2.45) is 11.8 Å². The second-order valence-corrected chi connectivity index (χ2v) is 8.20. The van der Waals surface area contributed by atoms with E-state index < -0.39 is 0 Å². The fourth-order valence-electron chi connectivity index (χ4n) is 4.58. The molecule has 0 fully saturated rings. The summed E-state index contributed by atoms with van der Waals surface area (Å²) < 4.78 is 5.65. The number of aromatic hydroxyl groups is 3. The number of fused-ring (bicyclic) bond motifs is 2. The Kier molecular flexibility index (Phi) is 5.05. The number of aromatic nitrogens is 2. The van der Waals surface area contributed by atoms with Gasteiger partial charge in [-0.25, -0.2) is 4.98 Å². The number of rotatable bonds is 4. The Bertz CT molecular complexity index is 1210. The molecule has 32 heavy (non-hydrogen) atoms. The summed E-state index contributed by atoms with van der Waals surface area (Å²) in [6, 6.07) is 4.09. The van der Waals surface area contributed by atoms with Crippen LogP contribution in [0.3, 0.4) is 0 Å². The fourth-order valence-corrected chi connectivity index (χ4v) is 4.58. The maximum atomic E-state index is 10.3.